The van der Waals surface area contributed by atoms with Crippen LogP contribution in [0.25, 0.3) is 0 Å². The van der Waals surface area contributed by atoms with Crippen LogP contribution >= 0.6 is 0 Å². The van der Waals surface area contributed by atoms with E-state index >= 15 is 0 Å². The van der Waals surface area contributed by atoms with Crippen LogP contribution in [0.5, 0.6) is 5.75 Å². The average Bonchev–Trinajstić information content (AvgIpc) is 2.67. The van der Waals surface area contributed by atoms with Crippen molar-refractivity contribution in [2.24, 2.45) is 5.73 Å². The molecule has 2 nitrogen and oxygen atoms in total. The third-order valence-electron chi connectivity index (χ3n) is 2.31. The van der Waals surface area contributed by atoms with E-state index in [1.807, 2.05) is 20.8 Å². The summed E-state index contributed by atoms with van der Waals surface area (Å²) in [5.74, 6) is 1.05. The molecular formula is C13H21NO. The molecule has 0 amide bonds. The molecular weight excluding hydrogens is 186 g/mol. The second-order valence-corrected chi connectivity index (χ2v) is 3.72. The van der Waals surface area contributed by atoms with E-state index < -0.39 is 0 Å². The molecule has 1 atom stereocenters. The van der Waals surface area contributed by atoms with E-state index in [9.17, 15) is 0 Å². The number of hydrogen-bond donors (Lipinski definition) is 1. The fourth-order valence-electron chi connectivity index (χ4n) is 1.74. The number of nitrogens with two attached hydrogens (primary N) is 1. The van der Waals surface area contributed by atoms with E-state index in [4.69, 9.17) is 10.5 Å². The molecule has 2 N–H and O–H groups in total. The summed E-state index contributed by atoms with van der Waals surface area (Å²) in [6, 6.07) is 6.61. The van der Waals surface area contributed by atoms with Crippen molar-refractivity contribution in [1.82, 2.24) is 0 Å². The highest BCUT2D eigenvalue weighted by atomic mass is 16.5. The number of ether oxygens (including phenoxy) is 1. The Hall–Kier alpha value is -1.02. The molecule has 15 heavy (non-hydrogen) atoms. The lowest BCUT2D eigenvalue weighted by Gasteiger charge is -2.06. The van der Waals surface area contributed by atoms with Gasteiger partial charge >= 0.3 is 0 Å². The fraction of sp³-hybridized carbons (Fsp3) is 0.538. The van der Waals surface area contributed by atoms with Crippen LogP contribution < -0.4 is 10.5 Å². The molecule has 2 rings (SSSR count). The van der Waals surface area contributed by atoms with Crippen molar-refractivity contribution in [3.63, 3.8) is 0 Å². The van der Waals surface area contributed by atoms with Gasteiger partial charge in [0.25, 0.3) is 0 Å². The summed E-state index contributed by atoms with van der Waals surface area (Å²) in [7, 11) is 0. The van der Waals surface area contributed by atoms with Crippen LogP contribution in [0.4, 0.5) is 0 Å². The van der Waals surface area contributed by atoms with Crippen molar-refractivity contribution >= 4 is 0 Å². The third kappa shape index (κ3) is 3.24. The first-order valence-electron chi connectivity index (χ1n) is 5.76. The number of rotatable bonds is 2. The number of fused-ring (bicyclic) bond motifs is 1. The van der Waals surface area contributed by atoms with Gasteiger partial charge in [-0.15, -0.1) is 0 Å². The van der Waals surface area contributed by atoms with E-state index in [1.54, 1.807) is 0 Å². The Balaban J connectivity index is 0.000000531. The van der Waals surface area contributed by atoms with E-state index in [0.29, 0.717) is 0 Å². The average molecular weight is 207 g/mol. The normalized spacial score (nSPS) is 14.7. The van der Waals surface area contributed by atoms with Crippen molar-refractivity contribution in [2.75, 3.05) is 6.61 Å². The molecule has 1 aliphatic heterocycles. The summed E-state index contributed by atoms with van der Waals surface area (Å²) in [5, 5.41) is 0. The molecule has 0 saturated carbocycles. The summed E-state index contributed by atoms with van der Waals surface area (Å²) in [6.07, 6.45) is 2.00. The molecule has 1 aliphatic rings. The number of benzene rings is 1. The Labute approximate surface area is 92.4 Å². The predicted molar refractivity (Wildman–Crippen MR) is 64.3 cm³/mol. The molecule has 0 radical (unpaired) electrons. The van der Waals surface area contributed by atoms with Gasteiger partial charge in [-0.3, -0.25) is 0 Å². The molecule has 0 aromatic heterocycles. The fourth-order valence-corrected chi connectivity index (χ4v) is 1.74. The second kappa shape index (κ2) is 5.76. The van der Waals surface area contributed by atoms with Gasteiger partial charge in [-0.25, -0.2) is 0 Å². The van der Waals surface area contributed by atoms with Gasteiger partial charge in [-0.2, -0.15) is 0 Å². The summed E-state index contributed by atoms with van der Waals surface area (Å²) >= 11 is 0. The Morgan fingerprint density at radius 1 is 1.40 bits per heavy atom. The molecule has 1 heterocycles. The zero-order valence-corrected chi connectivity index (χ0v) is 9.92. The minimum atomic E-state index is 0.236. The van der Waals surface area contributed by atoms with Gasteiger partial charge in [-0.1, -0.05) is 26.0 Å². The van der Waals surface area contributed by atoms with E-state index in [-0.39, 0.29) is 6.04 Å². The third-order valence-corrected chi connectivity index (χ3v) is 2.31. The Kier molecular flexibility index (Phi) is 4.63. The van der Waals surface area contributed by atoms with Crippen LogP contribution in [0, 0.1) is 0 Å². The minimum absolute atomic E-state index is 0.236. The van der Waals surface area contributed by atoms with E-state index in [2.05, 4.69) is 18.2 Å². The summed E-state index contributed by atoms with van der Waals surface area (Å²) in [5.41, 5.74) is 8.39. The van der Waals surface area contributed by atoms with Gasteiger partial charge in [0, 0.05) is 12.5 Å². The monoisotopic (exact) mass is 207 g/mol. The van der Waals surface area contributed by atoms with Gasteiger partial charge in [0.05, 0.1) is 6.61 Å². The topological polar surface area (TPSA) is 35.2 Å². The van der Waals surface area contributed by atoms with Crippen molar-refractivity contribution in [3.8, 4) is 5.75 Å². The minimum Gasteiger partial charge on any atom is -0.493 e. The molecule has 0 saturated heterocycles. The molecule has 0 fully saturated rings. The predicted octanol–water partition coefficient (Wildman–Crippen LogP) is 2.54. The van der Waals surface area contributed by atoms with E-state index in [0.717, 1.165) is 25.2 Å². The lowest BCUT2D eigenvalue weighted by Crippen LogP contribution is -2.17. The van der Waals surface area contributed by atoms with Gasteiger partial charge in [0.15, 0.2) is 0 Å². The Bertz CT molecular complexity index is 307. The largest absolute Gasteiger partial charge is 0.493 e. The molecule has 1 aromatic carbocycles. The smallest absolute Gasteiger partial charge is 0.122 e. The highest BCUT2D eigenvalue weighted by Gasteiger charge is 2.11. The number of hydrogen-bond acceptors (Lipinski definition) is 2. The summed E-state index contributed by atoms with van der Waals surface area (Å²) in [4.78, 5) is 0. The SMILES string of the molecule is CC.CC(N)Cc1ccc2c(c1)CCO2. The lowest BCUT2D eigenvalue weighted by atomic mass is 10.0. The van der Waals surface area contributed by atoms with Gasteiger partial charge in [-0.05, 0) is 30.5 Å². The van der Waals surface area contributed by atoms with Crippen LogP contribution in [-0.2, 0) is 12.8 Å². The van der Waals surface area contributed by atoms with Crippen LogP contribution in [0.1, 0.15) is 31.9 Å². The lowest BCUT2D eigenvalue weighted by molar-refractivity contribution is 0.357. The molecule has 1 unspecified atom stereocenters. The molecule has 2 heteroatoms. The maximum atomic E-state index is 5.74. The maximum Gasteiger partial charge on any atom is 0.122 e. The first-order valence-corrected chi connectivity index (χ1v) is 5.76. The zero-order chi connectivity index (χ0) is 11.3. The van der Waals surface area contributed by atoms with Gasteiger partial charge in [0.2, 0.25) is 0 Å². The Morgan fingerprint density at radius 2 is 2.13 bits per heavy atom. The first-order chi connectivity index (χ1) is 7.25. The molecule has 0 bridgehead atoms. The van der Waals surface area contributed by atoms with Crippen LogP contribution in [0.2, 0.25) is 0 Å². The summed E-state index contributed by atoms with van der Waals surface area (Å²) < 4.78 is 5.43. The standard InChI is InChI=1S/C11H15NO.C2H6/c1-8(12)6-9-2-3-11-10(7-9)4-5-13-11;1-2/h2-3,7-8H,4-6,12H2,1H3;1-2H3. The maximum absolute atomic E-state index is 5.74. The highest BCUT2D eigenvalue weighted by molar-refractivity contribution is 5.39. The Morgan fingerprint density at radius 3 is 2.80 bits per heavy atom. The molecule has 84 valence electrons. The summed E-state index contributed by atoms with van der Waals surface area (Å²) in [6.45, 7) is 6.86. The van der Waals surface area contributed by atoms with Crippen molar-refractivity contribution < 1.29 is 4.74 Å². The molecule has 1 aromatic rings. The van der Waals surface area contributed by atoms with Gasteiger partial charge < -0.3 is 10.5 Å². The van der Waals surface area contributed by atoms with Crippen LogP contribution in [0.3, 0.4) is 0 Å². The van der Waals surface area contributed by atoms with Crippen molar-refractivity contribution in [1.29, 1.82) is 0 Å². The zero-order valence-electron chi connectivity index (χ0n) is 9.92. The quantitative estimate of drug-likeness (QED) is 0.809. The van der Waals surface area contributed by atoms with Crippen molar-refractivity contribution in [3.05, 3.63) is 29.3 Å². The van der Waals surface area contributed by atoms with Gasteiger partial charge in [0.1, 0.15) is 5.75 Å². The molecule has 0 aliphatic carbocycles. The first kappa shape index (κ1) is 12.1. The van der Waals surface area contributed by atoms with Crippen LogP contribution in [0.15, 0.2) is 18.2 Å². The highest BCUT2D eigenvalue weighted by Crippen LogP contribution is 2.26. The van der Waals surface area contributed by atoms with Crippen molar-refractivity contribution in [2.45, 2.75) is 39.7 Å². The van der Waals surface area contributed by atoms with Crippen LogP contribution in [-0.4, -0.2) is 12.6 Å². The second-order valence-electron chi connectivity index (χ2n) is 3.72. The van der Waals surface area contributed by atoms with E-state index in [1.165, 1.54) is 11.1 Å². The molecule has 0 spiro atoms.